The van der Waals surface area contributed by atoms with Gasteiger partial charge in [0.15, 0.2) is 0 Å². The first-order chi connectivity index (χ1) is 9.52. The molecule has 0 amide bonds. The molecule has 1 aromatic rings. The van der Waals surface area contributed by atoms with Crippen LogP contribution >= 0.6 is 23.5 Å². The van der Waals surface area contributed by atoms with E-state index >= 15 is 0 Å². The van der Waals surface area contributed by atoms with E-state index in [0.29, 0.717) is 15.7 Å². The quantitative estimate of drug-likeness (QED) is 0.884. The predicted octanol–water partition coefficient (Wildman–Crippen LogP) is 4.41. The summed E-state index contributed by atoms with van der Waals surface area (Å²) in [5.74, 6) is 1.03. The van der Waals surface area contributed by atoms with Crippen molar-refractivity contribution < 1.29 is 4.39 Å². The lowest BCUT2D eigenvalue weighted by Gasteiger charge is -2.36. The highest BCUT2D eigenvalue weighted by molar-refractivity contribution is 8.07. The maximum atomic E-state index is 13.8. The lowest BCUT2D eigenvalue weighted by atomic mass is 10.0. The lowest BCUT2D eigenvalue weighted by Crippen LogP contribution is -2.37. The summed E-state index contributed by atoms with van der Waals surface area (Å²) in [6, 6.07) is 5.90. The van der Waals surface area contributed by atoms with Gasteiger partial charge in [-0.1, -0.05) is 32.9 Å². The minimum absolute atomic E-state index is 0.0970. The van der Waals surface area contributed by atoms with Crippen LogP contribution in [0, 0.1) is 12.7 Å². The van der Waals surface area contributed by atoms with Crippen LogP contribution in [0.4, 0.5) is 4.39 Å². The summed E-state index contributed by atoms with van der Waals surface area (Å²) in [6.45, 7) is 9.44. The zero-order chi connectivity index (χ0) is 14.7. The summed E-state index contributed by atoms with van der Waals surface area (Å²) in [4.78, 5) is 0. The number of thioether (sulfide) groups is 2. The molecule has 1 aliphatic rings. The molecule has 1 nitrogen and oxygen atoms in total. The van der Waals surface area contributed by atoms with Crippen molar-refractivity contribution >= 4 is 23.5 Å². The number of aryl methyl sites for hydroxylation is 1. The molecule has 1 aliphatic heterocycles. The van der Waals surface area contributed by atoms with Gasteiger partial charge in [0.1, 0.15) is 5.82 Å². The minimum Gasteiger partial charge on any atom is -0.309 e. The molecule has 1 saturated heterocycles. The molecule has 4 unspecified atom stereocenters. The van der Waals surface area contributed by atoms with Gasteiger partial charge >= 0.3 is 0 Å². The predicted molar refractivity (Wildman–Crippen MR) is 90.3 cm³/mol. The van der Waals surface area contributed by atoms with Crippen molar-refractivity contribution in [1.29, 1.82) is 0 Å². The van der Waals surface area contributed by atoms with E-state index < -0.39 is 0 Å². The van der Waals surface area contributed by atoms with E-state index in [-0.39, 0.29) is 11.9 Å². The average molecular weight is 314 g/mol. The van der Waals surface area contributed by atoms with Gasteiger partial charge in [0.05, 0.1) is 0 Å². The lowest BCUT2D eigenvalue weighted by molar-refractivity contribution is 0.540. The Bertz CT molecular complexity index is 452. The Hall–Kier alpha value is -0.190. The van der Waals surface area contributed by atoms with Crippen LogP contribution in [0.25, 0.3) is 0 Å². The van der Waals surface area contributed by atoms with Crippen molar-refractivity contribution in [3.8, 4) is 0 Å². The van der Waals surface area contributed by atoms with Gasteiger partial charge in [-0.2, -0.15) is 23.5 Å². The summed E-state index contributed by atoms with van der Waals surface area (Å²) in [5, 5.41) is 5.41. The Balaban J connectivity index is 2.19. The maximum absolute atomic E-state index is 13.8. The van der Waals surface area contributed by atoms with Gasteiger partial charge in [-0.05, 0) is 30.7 Å². The Morgan fingerprint density at radius 1 is 1.35 bits per heavy atom. The molecule has 2 rings (SSSR count). The van der Waals surface area contributed by atoms with Gasteiger partial charge < -0.3 is 5.32 Å². The number of rotatable bonds is 4. The third kappa shape index (κ3) is 3.71. The molecular formula is C16H24FNS2. The van der Waals surface area contributed by atoms with E-state index in [1.54, 1.807) is 6.07 Å². The van der Waals surface area contributed by atoms with Gasteiger partial charge in [0.2, 0.25) is 0 Å². The van der Waals surface area contributed by atoms with E-state index in [9.17, 15) is 4.39 Å². The zero-order valence-electron chi connectivity index (χ0n) is 12.7. The SMILES string of the molecule is CCNC(c1ccc(C)c(F)c1)C1CSC(C)C(C)S1. The second-order valence-corrected chi connectivity index (χ2v) is 8.49. The second-order valence-electron chi connectivity index (χ2n) is 5.46. The zero-order valence-corrected chi connectivity index (χ0v) is 14.3. The average Bonchev–Trinajstić information content (AvgIpc) is 2.43. The first-order valence-corrected chi connectivity index (χ1v) is 9.28. The van der Waals surface area contributed by atoms with Crippen molar-refractivity contribution in [2.75, 3.05) is 12.3 Å². The molecule has 1 aromatic carbocycles. The molecule has 20 heavy (non-hydrogen) atoms. The molecule has 1 fully saturated rings. The largest absolute Gasteiger partial charge is 0.309 e. The second kappa shape index (κ2) is 7.19. The standard InChI is InChI=1S/C16H24FNS2/c1-5-18-16(13-7-6-10(2)14(17)8-13)15-9-19-11(3)12(4)20-15/h6-8,11-12,15-16,18H,5,9H2,1-4H3. The molecule has 0 saturated carbocycles. The number of halogens is 1. The summed E-state index contributed by atoms with van der Waals surface area (Å²) in [5.41, 5.74) is 1.80. The fraction of sp³-hybridized carbons (Fsp3) is 0.625. The van der Waals surface area contributed by atoms with Gasteiger partial charge in [0.25, 0.3) is 0 Å². The fourth-order valence-electron chi connectivity index (χ4n) is 2.47. The van der Waals surface area contributed by atoms with Gasteiger partial charge in [-0.15, -0.1) is 0 Å². The fourth-order valence-corrected chi connectivity index (χ4v) is 5.59. The van der Waals surface area contributed by atoms with Crippen LogP contribution in [0.1, 0.15) is 37.9 Å². The Morgan fingerprint density at radius 3 is 2.70 bits per heavy atom. The number of hydrogen-bond acceptors (Lipinski definition) is 3. The monoisotopic (exact) mass is 313 g/mol. The molecule has 4 atom stereocenters. The Kier molecular flexibility index (Phi) is 5.82. The summed E-state index contributed by atoms with van der Waals surface area (Å²) >= 11 is 4.08. The summed E-state index contributed by atoms with van der Waals surface area (Å²) in [7, 11) is 0. The first-order valence-electron chi connectivity index (χ1n) is 7.29. The van der Waals surface area contributed by atoms with E-state index in [2.05, 4.69) is 32.2 Å². The van der Waals surface area contributed by atoms with Crippen LogP contribution in [0.5, 0.6) is 0 Å². The molecule has 0 radical (unpaired) electrons. The van der Waals surface area contributed by atoms with E-state index in [1.807, 2.05) is 36.5 Å². The van der Waals surface area contributed by atoms with Crippen LogP contribution in [-0.4, -0.2) is 28.0 Å². The van der Waals surface area contributed by atoms with E-state index in [1.165, 1.54) is 0 Å². The molecular weight excluding hydrogens is 289 g/mol. The molecule has 0 aromatic heterocycles. The van der Waals surface area contributed by atoms with Gasteiger partial charge in [0, 0.05) is 27.5 Å². The van der Waals surface area contributed by atoms with Crippen molar-refractivity contribution in [1.82, 2.24) is 5.32 Å². The molecule has 0 spiro atoms. The van der Waals surface area contributed by atoms with Crippen molar-refractivity contribution in [3.63, 3.8) is 0 Å². The van der Waals surface area contributed by atoms with Crippen LogP contribution in [0.2, 0.25) is 0 Å². The maximum Gasteiger partial charge on any atom is 0.126 e. The highest BCUT2D eigenvalue weighted by Crippen LogP contribution is 2.41. The summed E-state index contributed by atoms with van der Waals surface area (Å²) in [6.07, 6.45) is 0. The summed E-state index contributed by atoms with van der Waals surface area (Å²) < 4.78 is 13.8. The van der Waals surface area contributed by atoms with Gasteiger partial charge in [-0.25, -0.2) is 4.39 Å². The van der Waals surface area contributed by atoms with Crippen LogP contribution in [0.3, 0.4) is 0 Å². The third-order valence-corrected chi connectivity index (χ3v) is 7.42. The third-order valence-electron chi connectivity index (χ3n) is 3.92. The van der Waals surface area contributed by atoms with Crippen molar-refractivity contribution in [3.05, 3.63) is 35.1 Å². The van der Waals surface area contributed by atoms with Gasteiger partial charge in [-0.3, -0.25) is 0 Å². The van der Waals surface area contributed by atoms with Crippen molar-refractivity contribution in [2.45, 2.75) is 49.5 Å². The van der Waals surface area contributed by atoms with Crippen molar-refractivity contribution in [2.24, 2.45) is 0 Å². The van der Waals surface area contributed by atoms with Crippen LogP contribution in [0.15, 0.2) is 18.2 Å². The van der Waals surface area contributed by atoms with E-state index in [0.717, 1.165) is 23.4 Å². The molecule has 112 valence electrons. The number of nitrogens with one attached hydrogen (secondary N) is 1. The van der Waals surface area contributed by atoms with E-state index in [4.69, 9.17) is 0 Å². The normalized spacial score (nSPS) is 28.4. The minimum atomic E-state index is -0.0970. The highest BCUT2D eigenvalue weighted by atomic mass is 32.2. The molecule has 0 aliphatic carbocycles. The Labute approximate surface area is 130 Å². The Morgan fingerprint density at radius 2 is 2.10 bits per heavy atom. The number of hydrogen-bond donors (Lipinski definition) is 1. The highest BCUT2D eigenvalue weighted by Gasteiger charge is 2.31. The van der Waals surface area contributed by atoms with Crippen LogP contribution < -0.4 is 5.32 Å². The molecule has 1 N–H and O–H groups in total. The molecule has 1 heterocycles. The topological polar surface area (TPSA) is 12.0 Å². The molecule has 4 heteroatoms. The first kappa shape index (κ1) is 16.2. The number of benzene rings is 1. The smallest absolute Gasteiger partial charge is 0.126 e. The van der Waals surface area contributed by atoms with Crippen LogP contribution in [-0.2, 0) is 0 Å². The molecule has 0 bridgehead atoms.